The molecule has 0 bridgehead atoms. The van der Waals surface area contributed by atoms with Gasteiger partial charge >= 0.3 is 0 Å². The van der Waals surface area contributed by atoms with Gasteiger partial charge in [0.25, 0.3) is 0 Å². The summed E-state index contributed by atoms with van der Waals surface area (Å²) in [6.45, 7) is 6.35. The van der Waals surface area contributed by atoms with Crippen LogP contribution >= 0.6 is 0 Å². The number of nitrogens with one attached hydrogen (secondary N) is 1. The highest BCUT2D eigenvalue weighted by molar-refractivity contribution is 5.89. The third kappa shape index (κ3) is 3.56. The van der Waals surface area contributed by atoms with Gasteiger partial charge in [0.15, 0.2) is 0 Å². The predicted molar refractivity (Wildman–Crippen MR) is 86.7 cm³/mol. The molecule has 1 fully saturated rings. The van der Waals surface area contributed by atoms with Gasteiger partial charge in [-0.1, -0.05) is 6.07 Å². The molecule has 0 spiro atoms. The fourth-order valence-electron chi connectivity index (χ4n) is 2.82. The van der Waals surface area contributed by atoms with E-state index in [4.69, 9.17) is 0 Å². The molecule has 3 rings (SSSR count). The lowest BCUT2D eigenvalue weighted by molar-refractivity contribution is -0.130. The van der Waals surface area contributed by atoms with Crippen molar-refractivity contribution in [3.63, 3.8) is 0 Å². The number of nitrogens with zero attached hydrogens (tertiary/aromatic N) is 4. The molecule has 1 aromatic carbocycles. The first-order chi connectivity index (χ1) is 11.1. The average molecular weight is 317 g/mol. The number of aromatic nitrogens is 2. The predicted octanol–water partition coefficient (Wildman–Crippen LogP) is 1.34. The van der Waals surface area contributed by atoms with Gasteiger partial charge in [-0.15, -0.1) is 0 Å². The van der Waals surface area contributed by atoms with Gasteiger partial charge in [0.05, 0.1) is 10.9 Å². The van der Waals surface area contributed by atoms with Crippen LogP contribution in [-0.2, 0) is 4.79 Å². The topological polar surface area (TPSA) is 61.4 Å². The lowest BCUT2D eigenvalue weighted by Crippen LogP contribution is -2.49. The van der Waals surface area contributed by atoms with E-state index >= 15 is 0 Å². The molecule has 0 aliphatic carbocycles. The maximum atomic E-state index is 14.0. The quantitative estimate of drug-likeness (QED) is 0.922. The van der Waals surface area contributed by atoms with Crippen molar-refractivity contribution in [1.82, 2.24) is 19.8 Å². The molecule has 0 atom stereocenters. The van der Waals surface area contributed by atoms with Crippen molar-refractivity contribution in [3.8, 4) is 0 Å². The molecule has 1 aliphatic heterocycles. The molecule has 2 aromatic rings. The van der Waals surface area contributed by atoms with Gasteiger partial charge in [-0.3, -0.25) is 9.69 Å². The maximum Gasteiger partial charge on any atom is 0.219 e. The van der Waals surface area contributed by atoms with Crippen molar-refractivity contribution in [3.05, 3.63) is 30.3 Å². The van der Waals surface area contributed by atoms with Crippen LogP contribution in [0.3, 0.4) is 0 Å². The number of rotatable bonds is 4. The molecule has 1 aliphatic rings. The monoisotopic (exact) mass is 317 g/mol. The van der Waals surface area contributed by atoms with E-state index < -0.39 is 0 Å². The summed E-state index contributed by atoms with van der Waals surface area (Å²) < 4.78 is 14.0. The molecule has 1 N–H and O–H groups in total. The smallest absolute Gasteiger partial charge is 0.219 e. The van der Waals surface area contributed by atoms with E-state index in [1.165, 1.54) is 12.4 Å². The lowest BCUT2D eigenvalue weighted by atomic mass is 10.2. The summed E-state index contributed by atoms with van der Waals surface area (Å²) in [7, 11) is 0. The van der Waals surface area contributed by atoms with Crippen molar-refractivity contribution in [2.45, 2.75) is 6.92 Å². The van der Waals surface area contributed by atoms with Gasteiger partial charge in [0.2, 0.25) is 5.91 Å². The van der Waals surface area contributed by atoms with Crippen molar-refractivity contribution in [2.24, 2.45) is 0 Å². The van der Waals surface area contributed by atoms with Gasteiger partial charge in [0.1, 0.15) is 18.0 Å². The Bertz CT molecular complexity index is 695. The number of hydrogen-bond acceptors (Lipinski definition) is 5. The van der Waals surface area contributed by atoms with Crippen molar-refractivity contribution >= 4 is 22.6 Å². The molecule has 1 saturated heterocycles. The SMILES string of the molecule is CC(=O)N1CCN(CCNc2ncnc3cccc(F)c23)CC1. The highest BCUT2D eigenvalue weighted by Crippen LogP contribution is 2.21. The number of fused-ring (bicyclic) bond motifs is 1. The minimum Gasteiger partial charge on any atom is -0.368 e. The zero-order valence-electron chi connectivity index (χ0n) is 13.1. The number of hydrogen-bond donors (Lipinski definition) is 1. The number of piperazine rings is 1. The molecule has 0 radical (unpaired) electrons. The second-order valence-corrected chi connectivity index (χ2v) is 5.63. The second kappa shape index (κ2) is 6.87. The Morgan fingerprint density at radius 1 is 1.26 bits per heavy atom. The van der Waals surface area contributed by atoms with Crippen molar-refractivity contribution in [2.75, 3.05) is 44.6 Å². The zero-order chi connectivity index (χ0) is 16.2. The number of carbonyl (C=O) groups excluding carboxylic acids is 1. The van der Waals surface area contributed by atoms with Gasteiger partial charge in [0, 0.05) is 46.2 Å². The Labute approximate surface area is 134 Å². The Balaban J connectivity index is 1.57. The minimum atomic E-state index is -0.319. The average Bonchev–Trinajstić information content (AvgIpc) is 2.55. The maximum absolute atomic E-state index is 14.0. The number of amides is 1. The van der Waals surface area contributed by atoms with E-state index in [-0.39, 0.29) is 11.7 Å². The third-order valence-electron chi connectivity index (χ3n) is 4.15. The molecule has 6 nitrogen and oxygen atoms in total. The fourth-order valence-corrected chi connectivity index (χ4v) is 2.82. The Hall–Kier alpha value is -2.28. The first kappa shape index (κ1) is 15.6. The van der Waals surface area contributed by atoms with Crippen molar-refractivity contribution < 1.29 is 9.18 Å². The van der Waals surface area contributed by atoms with Crippen LogP contribution in [0.15, 0.2) is 24.5 Å². The van der Waals surface area contributed by atoms with Gasteiger partial charge in [-0.25, -0.2) is 14.4 Å². The molecule has 0 saturated carbocycles. The second-order valence-electron chi connectivity index (χ2n) is 5.63. The summed E-state index contributed by atoms with van der Waals surface area (Å²) in [6, 6.07) is 4.83. The lowest BCUT2D eigenvalue weighted by Gasteiger charge is -2.34. The molecule has 2 heterocycles. The van der Waals surface area contributed by atoms with Crippen LogP contribution in [0.5, 0.6) is 0 Å². The molecule has 23 heavy (non-hydrogen) atoms. The van der Waals surface area contributed by atoms with E-state index in [9.17, 15) is 9.18 Å². The van der Waals surface area contributed by atoms with E-state index in [0.29, 0.717) is 23.3 Å². The van der Waals surface area contributed by atoms with Crippen LogP contribution in [0.2, 0.25) is 0 Å². The standard InChI is InChI=1S/C16H20FN5O/c1-12(23)22-9-7-21(8-10-22)6-5-18-16-15-13(17)3-2-4-14(15)19-11-20-16/h2-4,11H,5-10H2,1H3,(H,18,19,20). The molecule has 0 unspecified atom stereocenters. The Morgan fingerprint density at radius 3 is 2.78 bits per heavy atom. The first-order valence-electron chi connectivity index (χ1n) is 7.76. The zero-order valence-corrected chi connectivity index (χ0v) is 13.1. The number of benzene rings is 1. The van der Waals surface area contributed by atoms with Gasteiger partial charge < -0.3 is 10.2 Å². The molecule has 122 valence electrons. The summed E-state index contributed by atoms with van der Waals surface area (Å²) in [4.78, 5) is 23.7. The summed E-state index contributed by atoms with van der Waals surface area (Å²) in [5.74, 6) is 0.335. The number of halogens is 1. The Kier molecular flexibility index (Phi) is 4.66. The van der Waals surface area contributed by atoms with Crippen molar-refractivity contribution in [1.29, 1.82) is 0 Å². The molecule has 7 heteroatoms. The summed E-state index contributed by atoms with van der Waals surface area (Å²) in [5.41, 5.74) is 0.595. The molecule has 1 aromatic heterocycles. The van der Waals surface area contributed by atoms with Crippen LogP contribution in [0.4, 0.5) is 10.2 Å². The van der Waals surface area contributed by atoms with Gasteiger partial charge in [-0.2, -0.15) is 0 Å². The van der Waals surface area contributed by atoms with Crippen LogP contribution in [0.25, 0.3) is 10.9 Å². The summed E-state index contributed by atoms with van der Waals surface area (Å²) >= 11 is 0. The largest absolute Gasteiger partial charge is 0.368 e. The van der Waals surface area contributed by atoms with E-state index in [1.807, 2.05) is 4.90 Å². The minimum absolute atomic E-state index is 0.130. The molecule has 1 amide bonds. The number of anilines is 1. The highest BCUT2D eigenvalue weighted by Gasteiger charge is 2.18. The first-order valence-corrected chi connectivity index (χ1v) is 7.76. The van der Waals surface area contributed by atoms with Crippen LogP contribution in [0, 0.1) is 5.82 Å². The third-order valence-corrected chi connectivity index (χ3v) is 4.15. The van der Waals surface area contributed by atoms with Crippen LogP contribution in [-0.4, -0.2) is 64.9 Å². The molecular weight excluding hydrogens is 297 g/mol. The fraction of sp³-hybridized carbons (Fsp3) is 0.438. The van der Waals surface area contributed by atoms with E-state index in [0.717, 1.165) is 32.7 Å². The van der Waals surface area contributed by atoms with Crippen LogP contribution < -0.4 is 5.32 Å². The summed E-state index contributed by atoms with van der Waals surface area (Å²) in [6.07, 6.45) is 1.44. The van der Waals surface area contributed by atoms with E-state index in [1.54, 1.807) is 19.1 Å². The van der Waals surface area contributed by atoms with Gasteiger partial charge in [-0.05, 0) is 12.1 Å². The van der Waals surface area contributed by atoms with E-state index in [2.05, 4.69) is 20.2 Å². The summed E-state index contributed by atoms with van der Waals surface area (Å²) in [5, 5.41) is 3.62. The molecular formula is C16H20FN5O. The number of carbonyl (C=O) groups is 1. The normalized spacial score (nSPS) is 15.8. The van der Waals surface area contributed by atoms with Crippen LogP contribution in [0.1, 0.15) is 6.92 Å². The Morgan fingerprint density at radius 2 is 2.04 bits per heavy atom. The highest BCUT2D eigenvalue weighted by atomic mass is 19.1.